The Morgan fingerprint density at radius 2 is 1.89 bits per heavy atom. The molecule has 186 valence electrons. The normalized spacial score (nSPS) is 12.1. The van der Waals surface area contributed by atoms with Crippen LogP contribution >= 0.6 is 0 Å². The molecular formula is C28H36N4O3. The molecule has 7 heteroatoms. The average molecular weight is 477 g/mol. The lowest BCUT2D eigenvalue weighted by molar-refractivity contribution is -0.120. The molecule has 1 atom stereocenters. The summed E-state index contributed by atoms with van der Waals surface area (Å²) in [5.74, 6) is 1.54. The van der Waals surface area contributed by atoms with Crippen molar-refractivity contribution in [2.45, 2.75) is 32.2 Å². The maximum absolute atomic E-state index is 12.3. The van der Waals surface area contributed by atoms with E-state index >= 15 is 0 Å². The van der Waals surface area contributed by atoms with E-state index in [4.69, 9.17) is 9.47 Å². The van der Waals surface area contributed by atoms with Crippen LogP contribution in [-0.4, -0.2) is 60.8 Å². The quantitative estimate of drug-likeness (QED) is 0.397. The van der Waals surface area contributed by atoms with Gasteiger partial charge in [-0.1, -0.05) is 30.4 Å². The topological polar surface area (TPSA) is 68.6 Å². The van der Waals surface area contributed by atoms with E-state index < -0.39 is 0 Å². The lowest BCUT2D eigenvalue weighted by Gasteiger charge is -2.20. The molecule has 3 rings (SSSR count). The summed E-state index contributed by atoms with van der Waals surface area (Å²) in [4.78, 5) is 18.7. The van der Waals surface area contributed by atoms with Crippen molar-refractivity contribution in [2.24, 2.45) is 0 Å². The van der Waals surface area contributed by atoms with Crippen molar-refractivity contribution in [1.82, 2.24) is 19.8 Å². The molecule has 0 saturated carbocycles. The van der Waals surface area contributed by atoms with Gasteiger partial charge < -0.3 is 24.3 Å². The number of likely N-dealkylation sites (N-methyl/N-ethyl adjacent to an activating group) is 1. The fraction of sp³-hybridized carbons (Fsp3) is 0.357. The number of rotatable bonds is 13. The van der Waals surface area contributed by atoms with E-state index in [9.17, 15) is 4.79 Å². The predicted octanol–water partition coefficient (Wildman–Crippen LogP) is 4.36. The maximum Gasteiger partial charge on any atom is 0.224 e. The molecule has 35 heavy (non-hydrogen) atoms. The average Bonchev–Trinajstić information content (AvgIpc) is 3.41. The molecule has 0 aliphatic carbocycles. The number of nitrogens with zero attached hydrogens (tertiary/aromatic N) is 3. The Kier molecular flexibility index (Phi) is 9.93. The third-order valence-electron chi connectivity index (χ3n) is 5.89. The number of methoxy groups -OCH3 is 2. The third-order valence-corrected chi connectivity index (χ3v) is 5.89. The van der Waals surface area contributed by atoms with Crippen molar-refractivity contribution in [2.75, 3.05) is 34.4 Å². The van der Waals surface area contributed by atoms with Crippen molar-refractivity contribution >= 4 is 12.0 Å². The summed E-state index contributed by atoms with van der Waals surface area (Å²) >= 11 is 0. The van der Waals surface area contributed by atoms with E-state index in [-0.39, 0.29) is 11.9 Å². The molecule has 3 aromatic rings. The minimum absolute atomic E-state index is 0.0387. The van der Waals surface area contributed by atoms with E-state index in [2.05, 4.69) is 35.2 Å². The Labute approximate surface area is 208 Å². The Bertz CT molecular complexity index is 1080. The van der Waals surface area contributed by atoms with Gasteiger partial charge in [0.05, 0.1) is 20.5 Å². The zero-order chi connectivity index (χ0) is 25.0. The monoisotopic (exact) mass is 476 g/mol. The number of carbonyl (C=O) groups is 1. The highest BCUT2D eigenvalue weighted by atomic mass is 16.5. The van der Waals surface area contributed by atoms with Crippen molar-refractivity contribution in [1.29, 1.82) is 0 Å². The number of hydrogen-bond acceptors (Lipinski definition) is 5. The summed E-state index contributed by atoms with van der Waals surface area (Å²) in [7, 11) is 5.40. The zero-order valence-electron chi connectivity index (χ0n) is 21.1. The second-order valence-electron chi connectivity index (χ2n) is 8.67. The molecule has 1 N–H and O–H groups in total. The van der Waals surface area contributed by atoms with Gasteiger partial charge in [0.2, 0.25) is 5.91 Å². The lowest BCUT2D eigenvalue weighted by atomic mass is 10.1. The highest BCUT2D eigenvalue weighted by Gasteiger charge is 2.09. The van der Waals surface area contributed by atoms with E-state index in [1.807, 2.05) is 59.3 Å². The van der Waals surface area contributed by atoms with E-state index in [0.29, 0.717) is 6.42 Å². The number of ether oxygens (including phenoxy) is 2. The van der Waals surface area contributed by atoms with Gasteiger partial charge in [0.25, 0.3) is 0 Å². The smallest absolute Gasteiger partial charge is 0.224 e. The summed E-state index contributed by atoms with van der Waals surface area (Å²) in [6.07, 6.45) is 11.5. The molecule has 7 nitrogen and oxygen atoms in total. The van der Waals surface area contributed by atoms with Gasteiger partial charge in [0.1, 0.15) is 0 Å². The molecule has 2 aromatic carbocycles. The Hall–Kier alpha value is -3.58. The standard InChI is InChI=1S/C28H36N4O3/c1-22(14-17-31(2)18-15-24-10-13-26(34-3)27(20-24)35-4)30-28(33)7-5-6-23-8-11-25(12-9-23)32-19-16-29-21-32/h5-6,8-13,16,19-22H,7,14-15,17-18H2,1-4H3,(H,30,33). The summed E-state index contributed by atoms with van der Waals surface area (Å²) < 4.78 is 12.6. The van der Waals surface area contributed by atoms with Gasteiger partial charge >= 0.3 is 0 Å². The van der Waals surface area contributed by atoms with Crippen LogP contribution in [0.15, 0.2) is 67.3 Å². The molecule has 1 amide bonds. The molecule has 0 saturated heterocycles. The van der Waals surface area contributed by atoms with Crippen LogP contribution in [0.4, 0.5) is 0 Å². The first kappa shape index (κ1) is 26.0. The van der Waals surface area contributed by atoms with E-state index in [0.717, 1.165) is 48.7 Å². The molecule has 1 aromatic heterocycles. The number of imidazole rings is 1. The summed E-state index contributed by atoms with van der Waals surface area (Å²) in [6.45, 7) is 3.89. The Morgan fingerprint density at radius 3 is 2.57 bits per heavy atom. The minimum atomic E-state index is 0.0387. The second-order valence-corrected chi connectivity index (χ2v) is 8.67. The Balaban J connectivity index is 1.34. The molecule has 0 aliphatic heterocycles. The summed E-state index contributed by atoms with van der Waals surface area (Å²) in [5, 5.41) is 3.09. The first-order chi connectivity index (χ1) is 17.0. The van der Waals surface area contributed by atoms with Gasteiger partial charge in [-0.2, -0.15) is 0 Å². The van der Waals surface area contributed by atoms with Gasteiger partial charge in [-0.15, -0.1) is 0 Å². The van der Waals surface area contributed by atoms with Gasteiger partial charge in [0.15, 0.2) is 11.5 Å². The van der Waals surface area contributed by atoms with Crippen LogP contribution in [0.5, 0.6) is 11.5 Å². The van der Waals surface area contributed by atoms with Crippen molar-refractivity contribution in [3.8, 4) is 17.2 Å². The molecule has 0 spiro atoms. The van der Waals surface area contributed by atoms with Crippen LogP contribution in [0.2, 0.25) is 0 Å². The van der Waals surface area contributed by atoms with Crippen LogP contribution in [0.3, 0.4) is 0 Å². The minimum Gasteiger partial charge on any atom is -0.493 e. The highest BCUT2D eigenvalue weighted by molar-refractivity contribution is 5.78. The molecule has 0 bridgehead atoms. The van der Waals surface area contributed by atoms with Gasteiger partial charge in [-0.05, 0) is 68.8 Å². The number of nitrogens with one attached hydrogen (secondary N) is 1. The lowest BCUT2D eigenvalue weighted by Crippen LogP contribution is -2.35. The highest BCUT2D eigenvalue weighted by Crippen LogP contribution is 2.27. The second kappa shape index (κ2) is 13.3. The third kappa shape index (κ3) is 8.30. The van der Waals surface area contributed by atoms with Gasteiger partial charge in [0, 0.05) is 37.1 Å². The summed E-state index contributed by atoms with van der Waals surface area (Å²) in [5.41, 5.74) is 3.32. The molecule has 1 heterocycles. The first-order valence-electron chi connectivity index (χ1n) is 11.9. The summed E-state index contributed by atoms with van der Waals surface area (Å²) in [6, 6.07) is 14.3. The first-order valence-corrected chi connectivity index (χ1v) is 11.9. The van der Waals surface area contributed by atoms with Crippen molar-refractivity contribution in [3.63, 3.8) is 0 Å². The number of hydrogen-bond donors (Lipinski definition) is 1. The van der Waals surface area contributed by atoms with Crippen LogP contribution in [0.1, 0.15) is 30.9 Å². The zero-order valence-corrected chi connectivity index (χ0v) is 21.1. The number of aromatic nitrogens is 2. The molecule has 0 aliphatic rings. The Morgan fingerprint density at radius 1 is 1.11 bits per heavy atom. The van der Waals surface area contributed by atoms with E-state index in [1.54, 1.807) is 26.7 Å². The number of carbonyl (C=O) groups excluding carboxylic acids is 1. The molecular weight excluding hydrogens is 440 g/mol. The van der Waals surface area contributed by atoms with Gasteiger partial charge in [-0.3, -0.25) is 4.79 Å². The fourth-order valence-electron chi connectivity index (χ4n) is 3.76. The number of amides is 1. The maximum atomic E-state index is 12.3. The van der Waals surface area contributed by atoms with E-state index in [1.165, 1.54) is 5.56 Å². The van der Waals surface area contributed by atoms with Crippen molar-refractivity contribution < 1.29 is 14.3 Å². The number of benzene rings is 2. The predicted molar refractivity (Wildman–Crippen MR) is 140 cm³/mol. The SMILES string of the molecule is COc1ccc(CCN(C)CCC(C)NC(=O)CC=Cc2ccc(-n3ccnc3)cc2)cc1OC. The van der Waals surface area contributed by atoms with Crippen LogP contribution in [-0.2, 0) is 11.2 Å². The van der Waals surface area contributed by atoms with Crippen molar-refractivity contribution in [3.05, 3.63) is 78.4 Å². The molecule has 0 radical (unpaired) electrons. The molecule has 1 unspecified atom stereocenters. The van der Waals surface area contributed by atoms with Crippen LogP contribution in [0.25, 0.3) is 11.8 Å². The van der Waals surface area contributed by atoms with Crippen LogP contribution in [0, 0.1) is 0 Å². The molecule has 0 fully saturated rings. The largest absolute Gasteiger partial charge is 0.493 e. The van der Waals surface area contributed by atoms with Crippen LogP contribution < -0.4 is 14.8 Å². The van der Waals surface area contributed by atoms with Gasteiger partial charge in [-0.25, -0.2) is 4.98 Å². The fourth-order valence-corrected chi connectivity index (χ4v) is 3.76.